The molecule has 0 saturated carbocycles. The summed E-state index contributed by atoms with van der Waals surface area (Å²) < 4.78 is 11.3. The van der Waals surface area contributed by atoms with Gasteiger partial charge in [0.05, 0.1) is 0 Å². The Morgan fingerprint density at radius 1 is 1.29 bits per heavy atom. The smallest absolute Gasteiger partial charge is 0.231 e. The summed E-state index contributed by atoms with van der Waals surface area (Å²) in [4.78, 5) is 14.9. The summed E-state index contributed by atoms with van der Waals surface area (Å²) in [7, 11) is -0.808. The fourth-order valence-corrected chi connectivity index (χ4v) is 2.81. The summed E-state index contributed by atoms with van der Waals surface area (Å²) in [5, 5.41) is 3.50. The zero-order valence-corrected chi connectivity index (χ0v) is 14.1. The first-order valence-electron chi connectivity index (χ1n) is 7.29. The molecule has 1 aromatic heterocycles. The maximum absolute atomic E-state index is 11.3. The Labute approximate surface area is 133 Å². The van der Waals surface area contributed by atoms with Gasteiger partial charge in [-0.15, -0.1) is 0 Å². The number of anilines is 2. The molecule has 0 spiro atoms. The highest BCUT2D eigenvalue weighted by molar-refractivity contribution is 7.84. The molecule has 1 fully saturated rings. The van der Waals surface area contributed by atoms with Crippen molar-refractivity contribution < 1.29 is 4.21 Å². The Hall–Kier alpha value is -0.950. The number of piperidine rings is 1. The number of halogens is 1. The molecule has 0 bridgehead atoms. The lowest BCUT2D eigenvalue weighted by Crippen LogP contribution is -2.31. The Balaban J connectivity index is 1.96. The van der Waals surface area contributed by atoms with Crippen molar-refractivity contribution in [2.45, 2.75) is 37.9 Å². The Morgan fingerprint density at radius 2 is 2.00 bits per heavy atom. The second kappa shape index (κ2) is 7.89. The second-order valence-corrected chi connectivity index (χ2v) is 7.44. The number of rotatable bonds is 6. The third-order valence-corrected chi connectivity index (χ3v) is 5.17. The number of hydrogen-bond acceptors (Lipinski definition) is 6. The van der Waals surface area contributed by atoms with Crippen LogP contribution in [0.25, 0.3) is 0 Å². The molecule has 0 amide bonds. The van der Waals surface area contributed by atoms with Crippen LogP contribution < -0.4 is 10.2 Å². The Morgan fingerprint density at radius 3 is 2.67 bits per heavy atom. The standard InChI is InChI=1S/C13H22ClN5OS/c1-10(21(2)20)6-7-15-12-16-11(14)17-13(18-12)19-8-4-3-5-9-19/h10H,3-9H2,1-2H3,(H,15,16,17,18). The Kier molecular flexibility index (Phi) is 6.17. The van der Waals surface area contributed by atoms with E-state index in [1.54, 1.807) is 6.26 Å². The SMILES string of the molecule is CC(CCNc1nc(Cl)nc(N2CCCCC2)n1)S(C)=O. The van der Waals surface area contributed by atoms with Crippen LogP contribution in [0, 0.1) is 0 Å². The van der Waals surface area contributed by atoms with Gasteiger partial charge in [-0.05, 0) is 37.3 Å². The molecule has 1 aliphatic heterocycles. The molecule has 21 heavy (non-hydrogen) atoms. The first-order chi connectivity index (χ1) is 10.1. The minimum Gasteiger partial charge on any atom is -0.354 e. The molecule has 1 N–H and O–H groups in total. The summed E-state index contributed by atoms with van der Waals surface area (Å²) in [6.07, 6.45) is 6.09. The highest BCUT2D eigenvalue weighted by atomic mass is 35.5. The van der Waals surface area contributed by atoms with Gasteiger partial charge in [0, 0.05) is 41.9 Å². The molecule has 118 valence electrons. The molecule has 2 atom stereocenters. The fourth-order valence-electron chi connectivity index (χ4n) is 2.21. The van der Waals surface area contributed by atoms with Crippen LogP contribution in [0.2, 0.25) is 5.28 Å². The minimum atomic E-state index is -0.808. The quantitative estimate of drug-likeness (QED) is 0.860. The molecular weight excluding hydrogens is 310 g/mol. The monoisotopic (exact) mass is 331 g/mol. The predicted molar refractivity (Wildman–Crippen MR) is 87.5 cm³/mol. The van der Waals surface area contributed by atoms with Crippen molar-refractivity contribution >= 4 is 34.3 Å². The summed E-state index contributed by atoms with van der Waals surface area (Å²) in [6, 6.07) is 0. The maximum atomic E-state index is 11.3. The van der Waals surface area contributed by atoms with E-state index in [9.17, 15) is 4.21 Å². The van der Waals surface area contributed by atoms with Crippen molar-refractivity contribution in [2.75, 3.05) is 36.1 Å². The first kappa shape index (κ1) is 16.4. The molecule has 8 heteroatoms. The van der Waals surface area contributed by atoms with Gasteiger partial charge in [-0.3, -0.25) is 4.21 Å². The van der Waals surface area contributed by atoms with Gasteiger partial charge in [-0.25, -0.2) is 0 Å². The molecule has 6 nitrogen and oxygen atoms in total. The molecular formula is C13H22ClN5OS. The van der Waals surface area contributed by atoms with E-state index in [-0.39, 0.29) is 10.5 Å². The average molecular weight is 332 g/mol. The van der Waals surface area contributed by atoms with E-state index in [4.69, 9.17) is 11.6 Å². The number of nitrogens with one attached hydrogen (secondary N) is 1. The van der Waals surface area contributed by atoms with Gasteiger partial charge in [-0.2, -0.15) is 15.0 Å². The molecule has 2 rings (SSSR count). The van der Waals surface area contributed by atoms with Crippen molar-refractivity contribution in [2.24, 2.45) is 0 Å². The van der Waals surface area contributed by atoms with E-state index < -0.39 is 10.8 Å². The number of hydrogen-bond donors (Lipinski definition) is 1. The third-order valence-electron chi connectivity index (χ3n) is 3.64. The molecule has 1 aromatic rings. The van der Waals surface area contributed by atoms with E-state index in [0.29, 0.717) is 18.4 Å². The molecule has 1 aliphatic rings. The zero-order chi connectivity index (χ0) is 15.2. The topological polar surface area (TPSA) is 71.0 Å². The minimum absolute atomic E-state index is 0.149. The van der Waals surface area contributed by atoms with Gasteiger partial charge >= 0.3 is 0 Å². The van der Waals surface area contributed by atoms with Gasteiger partial charge in [0.1, 0.15) is 0 Å². The normalized spacial score (nSPS) is 18.3. The van der Waals surface area contributed by atoms with Crippen LogP contribution in [-0.4, -0.2) is 50.3 Å². The van der Waals surface area contributed by atoms with E-state index in [2.05, 4.69) is 25.2 Å². The van der Waals surface area contributed by atoms with Gasteiger partial charge < -0.3 is 10.2 Å². The lowest BCUT2D eigenvalue weighted by Gasteiger charge is -2.26. The molecule has 2 unspecified atom stereocenters. The van der Waals surface area contributed by atoms with Gasteiger partial charge in [0.2, 0.25) is 17.2 Å². The van der Waals surface area contributed by atoms with Gasteiger partial charge in [0.25, 0.3) is 0 Å². The predicted octanol–water partition coefficient (Wildman–Crippen LogP) is 2.08. The largest absolute Gasteiger partial charge is 0.354 e. The van der Waals surface area contributed by atoms with Crippen LogP contribution in [0.1, 0.15) is 32.6 Å². The van der Waals surface area contributed by atoms with Crippen LogP contribution in [-0.2, 0) is 10.8 Å². The fraction of sp³-hybridized carbons (Fsp3) is 0.769. The van der Waals surface area contributed by atoms with E-state index >= 15 is 0 Å². The van der Waals surface area contributed by atoms with Crippen molar-refractivity contribution in [3.05, 3.63) is 5.28 Å². The number of nitrogens with zero attached hydrogens (tertiary/aromatic N) is 4. The van der Waals surface area contributed by atoms with Crippen LogP contribution in [0.4, 0.5) is 11.9 Å². The molecule has 0 radical (unpaired) electrons. The van der Waals surface area contributed by atoms with Crippen LogP contribution in [0.3, 0.4) is 0 Å². The molecule has 0 aliphatic carbocycles. The highest BCUT2D eigenvalue weighted by Gasteiger charge is 2.15. The summed E-state index contributed by atoms with van der Waals surface area (Å²) >= 11 is 5.98. The van der Waals surface area contributed by atoms with E-state index in [1.807, 2.05) is 6.92 Å². The van der Waals surface area contributed by atoms with Crippen LogP contribution >= 0.6 is 11.6 Å². The van der Waals surface area contributed by atoms with Crippen molar-refractivity contribution in [3.63, 3.8) is 0 Å². The van der Waals surface area contributed by atoms with Crippen LogP contribution in [0.5, 0.6) is 0 Å². The van der Waals surface area contributed by atoms with E-state index in [0.717, 1.165) is 32.4 Å². The first-order valence-corrected chi connectivity index (χ1v) is 9.29. The number of aromatic nitrogens is 3. The van der Waals surface area contributed by atoms with Gasteiger partial charge in [-0.1, -0.05) is 6.92 Å². The lowest BCUT2D eigenvalue weighted by atomic mass is 10.1. The molecule has 1 saturated heterocycles. The zero-order valence-electron chi connectivity index (χ0n) is 12.5. The lowest BCUT2D eigenvalue weighted by molar-refractivity contribution is 0.567. The summed E-state index contributed by atoms with van der Waals surface area (Å²) in [5.41, 5.74) is 0. The average Bonchev–Trinajstić information content (AvgIpc) is 2.47. The second-order valence-electron chi connectivity index (χ2n) is 5.30. The summed E-state index contributed by atoms with van der Waals surface area (Å²) in [6.45, 7) is 4.56. The summed E-state index contributed by atoms with van der Waals surface area (Å²) in [5.74, 6) is 1.13. The van der Waals surface area contributed by atoms with E-state index in [1.165, 1.54) is 6.42 Å². The third kappa shape index (κ3) is 5.07. The van der Waals surface area contributed by atoms with Crippen molar-refractivity contribution in [3.8, 4) is 0 Å². The highest BCUT2D eigenvalue weighted by Crippen LogP contribution is 2.18. The molecule has 0 aromatic carbocycles. The van der Waals surface area contributed by atoms with Crippen molar-refractivity contribution in [1.29, 1.82) is 0 Å². The molecule has 2 heterocycles. The van der Waals surface area contributed by atoms with Gasteiger partial charge in [0.15, 0.2) is 0 Å². The maximum Gasteiger partial charge on any atom is 0.231 e. The van der Waals surface area contributed by atoms with Crippen LogP contribution in [0.15, 0.2) is 0 Å². The van der Waals surface area contributed by atoms with Crippen molar-refractivity contribution in [1.82, 2.24) is 15.0 Å². The Bertz CT molecular complexity index is 495.